The van der Waals surface area contributed by atoms with Crippen LogP contribution in [0.2, 0.25) is 0 Å². The van der Waals surface area contributed by atoms with E-state index >= 15 is 0 Å². The molecule has 0 radical (unpaired) electrons. The van der Waals surface area contributed by atoms with E-state index in [1.165, 1.54) is 26.2 Å². The number of methoxy groups -OCH3 is 1. The number of carbonyl (C=O) groups excluding carboxylic acids is 3. The summed E-state index contributed by atoms with van der Waals surface area (Å²) in [5.74, 6) is -0.208. The van der Waals surface area contributed by atoms with Crippen molar-refractivity contribution in [1.82, 2.24) is 10.9 Å². The third kappa shape index (κ3) is 8.18. The van der Waals surface area contributed by atoms with Gasteiger partial charge < -0.3 is 14.2 Å². The first-order valence-corrected chi connectivity index (χ1v) is 8.03. The predicted octanol–water partition coefficient (Wildman–Crippen LogP) is 1.45. The fourth-order valence-corrected chi connectivity index (χ4v) is 1.71. The Kier molecular flexibility index (Phi) is 8.69. The Bertz CT molecular complexity index is 670. The van der Waals surface area contributed by atoms with Crippen molar-refractivity contribution in [2.75, 3.05) is 20.3 Å². The standard InChI is InChI=1S/C18H24N2O6/c1-12(2)10-25-15-7-5-14(9-16(15)24-4)6-8-18(23)26-11-17(22)20-19-13(3)21/h5-9,12H,10-11H2,1-4H3,(H,19,21)(H,20,22)/b8-6+. The molecular formula is C18H24N2O6. The number of esters is 1. The van der Waals surface area contributed by atoms with E-state index in [1.807, 2.05) is 13.8 Å². The molecule has 26 heavy (non-hydrogen) atoms. The van der Waals surface area contributed by atoms with Crippen LogP contribution in [0.5, 0.6) is 11.5 Å². The maximum Gasteiger partial charge on any atom is 0.331 e. The van der Waals surface area contributed by atoms with Crippen LogP contribution < -0.4 is 20.3 Å². The fraction of sp³-hybridized carbons (Fsp3) is 0.389. The average Bonchev–Trinajstić information content (AvgIpc) is 2.61. The van der Waals surface area contributed by atoms with Crippen molar-refractivity contribution in [2.45, 2.75) is 20.8 Å². The van der Waals surface area contributed by atoms with E-state index in [9.17, 15) is 14.4 Å². The Hall–Kier alpha value is -3.03. The molecule has 0 fully saturated rings. The third-order valence-corrected chi connectivity index (χ3v) is 2.90. The first-order chi connectivity index (χ1) is 12.3. The van der Waals surface area contributed by atoms with Crippen LogP contribution in [-0.2, 0) is 19.1 Å². The van der Waals surface area contributed by atoms with E-state index in [1.54, 1.807) is 18.2 Å². The molecule has 1 aromatic carbocycles. The summed E-state index contributed by atoms with van der Waals surface area (Å²) < 4.78 is 15.7. The Labute approximate surface area is 152 Å². The minimum atomic E-state index is -0.693. The van der Waals surface area contributed by atoms with Crippen molar-refractivity contribution >= 4 is 23.9 Å². The van der Waals surface area contributed by atoms with Crippen molar-refractivity contribution in [3.63, 3.8) is 0 Å². The van der Waals surface area contributed by atoms with E-state index in [-0.39, 0.29) is 0 Å². The molecule has 0 unspecified atom stereocenters. The number of carbonyl (C=O) groups is 3. The number of hydrogen-bond donors (Lipinski definition) is 2. The minimum Gasteiger partial charge on any atom is -0.493 e. The molecule has 0 heterocycles. The van der Waals surface area contributed by atoms with Gasteiger partial charge in [0.2, 0.25) is 5.91 Å². The summed E-state index contributed by atoms with van der Waals surface area (Å²) >= 11 is 0. The van der Waals surface area contributed by atoms with E-state index < -0.39 is 24.4 Å². The highest BCUT2D eigenvalue weighted by molar-refractivity contribution is 5.89. The largest absolute Gasteiger partial charge is 0.493 e. The Morgan fingerprint density at radius 1 is 1.15 bits per heavy atom. The van der Waals surface area contributed by atoms with Gasteiger partial charge in [-0.2, -0.15) is 0 Å². The summed E-state index contributed by atoms with van der Waals surface area (Å²) in [6.45, 7) is 5.40. The van der Waals surface area contributed by atoms with E-state index in [0.29, 0.717) is 29.6 Å². The molecule has 1 rings (SSSR count). The van der Waals surface area contributed by atoms with E-state index in [0.717, 1.165) is 0 Å². The second-order valence-corrected chi connectivity index (χ2v) is 5.79. The van der Waals surface area contributed by atoms with Gasteiger partial charge in [-0.3, -0.25) is 20.4 Å². The molecule has 2 amide bonds. The fourth-order valence-electron chi connectivity index (χ4n) is 1.71. The van der Waals surface area contributed by atoms with Gasteiger partial charge in [0.25, 0.3) is 5.91 Å². The van der Waals surface area contributed by atoms with Gasteiger partial charge >= 0.3 is 5.97 Å². The van der Waals surface area contributed by atoms with Crippen molar-refractivity contribution in [1.29, 1.82) is 0 Å². The number of rotatable bonds is 8. The van der Waals surface area contributed by atoms with E-state index in [4.69, 9.17) is 14.2 Å². The van der Waals surface area contributed by atoms with Gasteiger partial charge in [-0.15, -0.1) is 0 Å². The van der Waals surface area contributed by atoms with Crippen molar-refractivity contribution in [3.8, 4) is 11.5 Å². The van der Waals surface area contributed by atoms with Gasteiger partial charge in [0, 0.05) is 13.0 Å². The normalized spacial score (nSPS) is 10.5. The van der Waals surface area contributed by atoms with Crippen molar-refractivity contribution in [3.05, 3.63) is 29.8 Å². The van der Waals surface area contributed by atoms with Gasteiger partial charge in [0.05, 0.1) is 13.7 Å². The summed E-state index contributed by atoms with van der Waals surface area (Å²) in [7, 11) is 1.53. The molecule has 1 aromatic rings. The second kappa shape index (κ2) is 10.8. The molecule has 0 aromatic heterocycles. The molecule has 0 atom stereocenters. The van der Waals surface area contributed by atoms with Gasteiger partial charge in [-0.05, 0) is 29.7 Å². The van der Waals surface area contributed by atoms with Gasteiger partial charge in [-0.25, -0.2) is 4.79 Å². The number of nitrogens with one attached hydrogen (secondary N) is 2. The molecule has 8 heteroatoms. The first-order valence-electron chi connectivity index (χ1n) is 8.03. The first kappa shape index (κ1) is 21.0. The molecule has 0 saturated carbocycles. The molecule has 0 bridgehead atoms. The lowest BCUT2D eigenvalue weighted by Gasteiger charge is -2.12. The molecule has 2 N–H and O–H groups in total. The topological polar surface area (TPSA) is 103 Å². The molecule has 0 aliphatic carbocycles. The van der Waals surface area contributed by atoms with Crippen LogP contribution in [0.4, 0.5) is 0 Å². The summed E-state index contributed by atoms with van der Waals surface area (Å²) in [5, 5.41) is 0. The smallest absolute Gasteiger partial charge is 0.331 e. The molecule has 0 aliphatic heterocycles. The maximum absolute atomic E-state index is 11.6. The molecule has 0 saturated heterocycles. The van der Waals surface area contributed by atoms with Crippen LogP contribution in [0.3, 0.4) is 0 Å². The predicted molar refractivity (Wildman–Crippen MR) is 95.3 cm³/mol. The van der Waals surface area contributed by atoms with Crippen LogP contribution in [0.15, 0.2) is 24.3 Å². The highest BCUT2D eigenvalue weighted by Gasteiger charge is 2.07. The monoisotopic (exact) mass is 364 g/mol. The highest BCUT2D eigenvalue weighted by atomic mass is 16.5. The van der Waals surface area contributed by atoms with Crippen molar-refractivity contribution in [2.24, 2.45) is 5.92 Å². The SMILES string of the molecule is COc1cc(/C=C/C(=O)OCC(=O)NNC(C)=O)ccc1OCC(C)C. The third-order valence-electron chi connectivity index (χ3n) is 2.90. The minimum absolute atomic E-state index is 0.386. The number of benzene rings is 1. The lowest BCUT2D eigenvalue weighted by atomic mass is 10.2. The quantitative estimate of drug-likeness (QED) is 0.411. The molecular weight excluding hydrogens is 340 g/mol. The summed E-state index contributed by atoms with van der Waals surface area (Å²) in [6, 6.07) is 5.25. The number of hydrogen-bond acceptors (Lipinski definition) is 6. The summed E-state index contributed by atoms with van der Waals surface area (Å²) in [4.78, 5) is 33.6. The number of ether oxygens (including phenoxy) is 3. The maximum atomic E-state index is 11.6. The molecule has 0 aliphatic rings. The summed E-state index contributed by atoms with van der Waals surface area (Å²) in [5.41, 5.74) is 4.88. The average molecular weight is 364 g/mol. The molecule has 0 spiro atoms. The van der Waals surface area contributed by atoms with Gasteiger partial charge in [0.15, 0.2) is 18.1 Å². The molecule has 8 nitrogen and oxygen atoms in total. The van der Waals surface area contributed by atoms with Crippen LogP contribution in [0.25, 0.3) is 6.08 Å². The Morgan fingerprint density at radius 3 is 2.50 bits per heavy atom. The lowest BCUT2D eigenvalue weighted by Crippen LogP contribution is -2.42. The molecule has 142 valence electrons. The van der Waals surface area contributed by atoms with E-state index in [2.05, 4.69) is 10.9 Å². The van der Waals surface area contributed by atoms with Gasteiger partial charge in [-0.1, -0.05) is 19.9 Å². The zero-order valence-corrected chi connectivity index (χ0v) is 15.3. The zero-order valence-electron chi connectivity index (χ0n) is 15.3. The van der Waals surface area contributed by atoms with Crippen molar-refractivity contribution < 1.29 is 28.6 Å². The summed E-state index contributed by atoms with van der Waals surface area (Å²) in [6.07, 6.45) is 2.72. The van der Waals surface area contributed by atoms with Crippen LogP contribution in [-0.4, -0.2) is 38.1 Å². The van der Waals surface area contributed by atoms with Gasteiger partial charge in [0.1, 0.15) is 0 Å². The Morgan fingerprint density at radius 2 is 1.88 bits per heavy atom. The van der Waals surface area contributed by atoms with Crippen LogP contribution in [0.1, 0.15) is 26.3 Å². The van der Waals surface area contributed by atoms with Crippen LogP contribution in [0, 0.1) is 5.92 Å². The van der Waals surface area contributed by atoms with Crippen LogP contribution >= 0.6 is 0 Å². The lowest BCUT2D eigenvalue weighted by molar-refractivity contribution is -0.144. The second-order valence-electron chi connectivity index (χ2n) is 5.79. The number of amides is 2. The highest BCUT2D eigenvalue weighted by Crippen LogP contribution is 2.28. The number of hydrazine groups is 1. The zero-order chi connectivity index (χ0) is 19.5. The Balaban J connectivity index is 2.57.